The summed E-state index contributed by atoms with van der Waals surface area (Å²) in [6.45, 7) is 5.00. The van der Waals surface area contributed by atoms with Crippen LogP contribution in [0.15, 0.2) is 0 Å². The zero-order valence-electron chi connectivity index (χ0n) is 8.99. The van der Waals surface area contributed by atoms with Crippen molar-refractivity contribution >= 4 is 5.97 Å². The van der Waals surface area contributed by atoms with Crippen LogP contribution < -0.4 is 5.32 Å². The highest BCUT2D eigenvalue weighted by atomic mass is 16.4. The topological polar surface area (TPSA) is 69.6 Å². The number of carboxylic acid groups (broad SMARTS) is 1. The molecule has 1 unspecified atom stereocenters. The highest BCUT2D eigenvalue weighted by Crippen LogP contribution is 2.01. The van der Waals surface area contributed by atoms with Gasteiger partial charge in [-0.2, -0.15) is 0 Å². The molecule has 3 N–H and O–H groups in total. The van der Waals surface area contributed by atoms with Crippen molar-refractivity contribution in [2.75, 3.05) is 13.2 Å². The Balaban J connectivity index is 3.38. The Hall–Kier alpha value is -0.610. The zero-order chi connectivity index (χ0) is 11.0. The molecule has 0 saturated heterocycles. The number of aliphatic hydroxyl groups excluding tert-OH is 1. The smallest absolute Gasteiger partial charge is 0.303 e. The van der Waals surface area contributed by atoms with Crippen molar-refractivity contribution < 1.29 is 15.0 Å². The Morgan fingerprint density at radius 3 is 2.43 bits per heavy atom. The van der Waals surface area contributed by atoms with E-state index in [0.29, 0.717) is 12.3 Å². The first-order chi connectivity index (χ1) is 6.57. The van der Waals surface area contributed by atoms with Crippen LogP contribution in [0.1, 0.15) is 33.1 Å². The SMILES string of the molecule is CC(C)C(CO)NCCCCC(=O)O. The summed E-state index contributed by atoms with van der Waals surface area (Å²) in [5.74, 6) is -0.341. The second-order valence-electron chi connectivity index (χ2n) is 3.84. The summed E-state index contributed by atoms with van der Waals surface area (Å²) in [5.41, 5.74) is 0. The number of nitrogens with one attached hydrogen (secondary N) is 1. The van der Waals surface area contributed by atoms with Crippen LogP contribution in [0.3, 0.4) is 0 Å². The largest absolute Gasteiger partial charge is 0.481 e. The van der Waals surface area contributed by atoms with Crippen LogP contribution in [0, 0.1) is 5.92 Å². The summed E-state index contributed by atoms with van der Waals surface area (Å²) in [5, 5.41) is 20.6. The Kier molecular flexibility index (Phi) is 7.42. The molecule has 0 amide bonds. The van der Waals surface area contributed by atoms with Gasteiger partial charge in [-0.1, -0.05) is 13.8 Å². The third-order valence-electron chi connectivity index (χ3n) is 2.23. The fourth-order valence-corrected chi connectivity index (χ4v) is 1.20. The summed E-state index contributed by atoms with van der Waals surface area (Å²) < 4.78 is 0. The maximum atomic E-state index is 10.2. The lowest BCUT2D eigenvalue weighted by Gasteiger charge is -2.19. The lowest BCUT2D eigenvalue weighted by molar-refractivity contribution is -0.137. The fourth-order valence-electron chi connectivity index (χ4n) is 1.20. The third kappa shape index (κ3) is 6.86. The van der Waals surface area contributed by atoms with Gasteiger partial charge in [-0.15, -0.1) is 0 Å². The molecule has 0 aromatic rings. The molecule has 0 aliphatic heterocycles. The molecule has 4 heteroatoms. The maximum absolute atomic E-state index is 10.2. The van der Waals surface area contributed by atoms with Gasteiger partial charge >= 0.3 is 5.97 Å². The average Bonchev–Trinajstić information content (AvgIpc) is 2.10. The molecule has 0 bridgehead atoms. The maximum Gasteiger partial charge on any atom is 0.303 e. The van der Waals surface area contributed by atoms with Crippen LogP contribution in [0.5, 0.6) is 0 Å². The number of hydrogen-bond acceptors (Lipinski definition) is 3. The molecule has 0 spiro atoms. The van der Waals surface area contributed by atoms with Crippen LogP contribution in [0.4, 0.5) is 0 Å². The number of carbonyl (C=O) groups is 1. The Labute approximate surface area is 85.3 Å². The molecule has 14 heavy (non-hydrogen) atoms. The summed E-state index contributed by atoms with van der Waals surface area (Å²) in [6, 6.07) is 0.125. The van der Waals surface area contributed by atoms with Gasteiger partial charge in [-0.05, 0) is 25.3 Å². The van der Waals surface area contributed by atoms with Crippen molar-refractivity contribution in [1.29, 1.82) is 0 Å². The molecule has 4 nitrogen and oxygen atoms in total. The van der Waals surface area contributed by atoms with Gasteiger partial charge < -0.3 is 15.5 Å². The first kappa shape index (κ1) is 13.4. The van der Waals surface area contributed by atoms with E-state index in [1.165, 1.54) is 0 Å². The highest BCUT2D eigenvalue weighted by Gasteiger charge is 2.10. The number of rotatable bonds is 8. The molecular weight excluding hydrogens is 182 g/mol. The molecule has 0 aromatic carbocycles. The van der Waals surface area contributed by atoms with Crippen molar-refractivity contribution in [2.45, 2.75) is 39.2 Å². The molecule has 0 aromatic heterocycles. The van der Waals surface area contributed by atoms with E-state index >= 15 is 0 Å². The molecule has 0 rings (SSSR count). The van der Waals surface area contributed by atoms with Crippen LogP contribution >= 0.6 is 0 Å². The third-order valence-corrected chi connectivity index (χ3v) is 2.23. The van der Waals surface area contributed by atoms with Crippen LogP contribution in [0.25, 0.3) is 0 Å². The Morgan fingerprint density at radius 1 is 1.36 bits per heavy atom. The normalized spacial score (nSPS) is 13.1. The lowest BCUT2D eigenvalue weighted by Crippen LogP contribution is -2.37. The predicted molar refractivity (Wildman–Crippen MR) is 55.2 cm³/mol. The van der Waals surface area contributed by atoms with E-state index in [1.807, 2.05) is 13.8 Å². The van der Waals surface area contributed by atoms with E-state index in [2.05, 4.69) is 5.32 Å². The number of unbranched alkanes of at least 4 members (excludes halogenated alkanes) is 1. The summed E-state index contributed by atoms with van der Waals surface area (Å²) >= 11 is 0. The van der Waals surface area contributed by atoms with Gasteiger partial charge in [0.15, 0.2) is 0 Å². The first-order valence-electron chi connectivity index (χ1n) is 5.14. The molecule has 84 valence electrons. The molecule has 0 heterocycles. The minimum absolute atomic E-state index is 0.125. The fraction of sp³-hybridized carbons (Fsp3) is 0.900. The number of aliphatic hydroxyl groups is 1. The average molecular weight is 203 g/mol. The number of carboxylic acids is 1. The summed E-state index contributed by atoms with van der Waals surface area (Å²) in [7, 11) is 0. The van der Waals surface area contributed by atoms with E-state index < -0.39 is 5.97 Å². The Bertz CT molecular complexity index is 159. The Morgan fingerprint density at radius 2 is 2.00 bits per heavy atom. The van der Waals surface area contributed by atoms with Crippen molar-refractivity contribution in [3.8, 4) is 0 Å². The molecule has 0 aliphatic rings. The second-order valence-corrected chi connectivity index (χ2v) is 3.84. The molecule has 0 aliphatic carbocycles. The highest BCUT2D eigenvalue weighted by molar-refractivity contribution is 5.66. The molecule has 1 atom stereocenters. The molecular formula is C10H21NO3. The van der Waals surface area contributed by atoms with Gasteiger partial charge in [0, 0.05) is 12.5 Å². The molecule has 0 radical (unpaired) electrons. The van der Waals surface area contributed by atoms with E-state index in [1.54, 1.807) is 0 Å². The molecule has 0 saturated carbocycles. The van der Waals surface area contributed by atoms with Gasteiger partial charge in [0.1, 0.15) is 0 Å². The van der Waals surface area contributed by atoms with Gasteiger partial charge in [0.2, 0.25) is 0 Å². The van der Waals surface area contributed by atoms with E-state index in [0.717, 1.165) is 13.0 Å². The molecule has 0 fully saturated rings. The lowest BCUT2D eigenvalue weighted by atomic mass is 10.1. The predicted octanol–water partition coefficient (Wildman–Crippen LogP) is 0.848. The van der Waals surface area contributed by atoms with Crippen molar-refractivity contribution in [2.24, 2.45) is 5.92 Å². The standard InChI is InChI=1S/C10H21NO3/c1-8(2)9(7-12)11-6-4-3-5-10(13)14/h8-9,11-12H,3-7H2,1-2H3,(H,13,14). The van der Waals surface area contributed by atoms with Gasteiger partial charge in [-0.3, -0.25) is 4.79 Å². The van der Waals surface area contributed by atoms with Crippen LogP contribution in [0.2, 0.25) is 0 Å². The van der Waals surface area contributed by atoms with E-state index in [4.69, 9.17) is 10.2 Å². The zero-order valence-corrected chi connectivity index (χ0v) is 8.99. The van der Waals surface area contributed by atoms with Crippen molar-refractivity contribution in [1.82, 2.24) is 5.32 Å². The van der Waals surface area contributed by atoms with Gasteiger partial charge in [0.25, 0.3) is 0 Å². The van der Waals surface area contributed by atoms with Gasteiger partial charge in [-0.25, -0.2) is 0 Å². The summed E-state index contributed by atoms with van der Waals surface area (Å²) in [6.07, 6.45) is 1.77. The monoisotopic (exact) mass is 203 g/mol. The second kappa shape index (κ2) is 7.76. The first-order valence-corrected chi connectivity index (χ1v) is 5.14. The van der Waals surface area contributed by atoms with Crippen LogP contribution in [-0.2, 0) is 4.79 Å². The van der Waals surface area contributed by atoms with E-state index in [9.17, 15) is 4.79 Å². The van der Waals surface area contributed by atoms with E-state index in [-0.39, 0.29) is 19.1 Å². The van der Waals surface area contributed by atoms with Crippen molar-refractivity contribution in [3.05, 3.63) is 0 Å². The number of aliphatic carboxylic acids is 1. The minimum Gasteiger partial charge on any atom is -0.481 e. The number of hydrogen-bond donors (Lipinski definition) is 3. The summed E-state index contributed by atoms with van der Waals surface area (Å²) in [4.78, 5) is 10.2. The van der Waals surface area contributed by atoms with Crippen LogP contribution in [-0.4, -0.2) is 35.4 Å². The minimum atomic E-state index is -0.743. The van der Waals surface area contributed by atoms with Gasteiger partial charge in [0.05, 0.1) is 6.61 Å². The van der Waals surface area contributed by atoms with Crippen molar-refractivity contribution in [3.63, 3.8) is 0 Å². The quantitative estimate of drug-likeness (QED) is 0.511.